The largest absolute Gasteiger partial charge is 0.293 e. The molecule has 2 aliphatic rings. The Labute approximate surface area is 159 Å². The molecule has 27 heavy (non-hydrogen) atoms. The van der Waals surface area contributed by atoms with Gasteiger partial charge < -0.3 is 0 Å². The Bertz CT molecular complexity index is 861. The van der Waals surface area contributed by atoms with Gasteiger partial charge in [0.1, 0.15) is 5.82 Å². The second-order valence-corrected chi connectivity index (χ2v) is 8.93. The quantitative estimate of drug-likeness (QED) is 0.824. The maximum atomic E-state index is 14.3. The van der Waals surface area contributed by atoms with Gasteiger partial charge in [-0.2, -0.15) is 5.26 Å². The maximum absolute atomic E-state index is 14.3. The van der Waals surface area contributed by atoms with Gasteiger partial charge in [0, 0.05) is 35.8 Å². The summed E-state index contributed by atoms with van der Waals surface area (Å²) in [6.07, 6.45) is 6.46. The number of benzene rings is 1. The smallest absolute Gasteiger partial charge is 0.129 e. The number of hydrogen-bond acceptors (Lipinski definition) is 4. The lowest BCUT2D eigenvalue weighted by Gasteiger charge is -2.39. The fourth-order valence-electron chi connectivity index (χ4n) is 4.46. The molecular formula is C21H26FN5. The molecule has 0 spiro atoms. The zero-order valence-corrected chi connectivity index (χ0v) is 16.2. The first-order valence-electron chi connectivity index (χ1n) is 9.71. The third-order valence-corrected chi connectivity index (χ3v) is 6.05. The molecule has 2 bridgehead atoms. The molecule has 1 aromatic heterocycles. The SMILES string of the molecule is CC(C)(C)c1cn(C2CC3CCC(C2)N3Cc2ccc(C#N)cc2F)nn1. The van der Waals surface area contributed by atoms with Gasteiger partial charge >= 0.3 is 0 Å². The minimum atomic E-state index is -0.276. The van der Waals surface area contributed by atoms with Crippen LogP contribution in [0.15, 0.2) is 24.4 Å². The number of piperidine rings is 1. The highest BCUT2D eigenvalue weighted by molar-refractivity contribution is 5.33. The average Bonchev–Trinajstić information content (AvgIpc) is 3.20. The Morgan fingerprint density at radius 2 is 1.89 bits per heavy atom. The van der Waals surface area contributed by atoms with Crippen molar-refractivity contribution in [3.8, 4) is 6.07 Å². The summed E-state index contributed by atoms with van der Waals surface area (Å²) in [5, 5.41) is 17.7. The average molecular weight is 367 g/mol. The molecule has 2 saturated heterocycles. The number of halogens is 1. The molecule has 1 aromatic carbocycles. The van der Waals surface area contributed by atoms with E-state index in [0.29, 0.717) is 35.8 Å². The molecule has 2 unspecified atom stereocenters. The molecule has 0 amide bonds. The Hall–Kier alpha value is -2.26. The minimum absolute atomic E-state index is 0.00501. The van der Waals surface area contributed by atoms with Crippen LogP contribution < -0.4 is 0 Å². The van der Waals surface area contributed by atoms with Crippen molar-refractivity contribution in [2.45, 2.75) is 76.5 Å². The maximum Gasteiger partial charge on any atom is 0.129 e. The minimum Gasteiger partial charge on any atom is -0.293 e. The van der Waals surface area contributed by atoms with Crippen molar-refractivity contribution < 1.29 is 4.39 Å². The molecule has 3 heterocycles. The Balaban J connectivity index is 1.48. The van der Waals surface area contributed by atoms with Gasteiger partial charge in [-0.15, -0.1) is 5.10 Å². The van der Waals surface area contributed by atoms with Crippen LogP contribution in [0.5, 0.6) is 0 Å². The number of rotatable bonds is 3. The summed E-state index contributed by atoms with van der Waals surface area (Å²) < 4.78 is 16.4. The standard InChI is InChI=1S/C21H26FN5/c1-21(2,3)20-13-27(25-24-20)18-9-16-6-7-17(10-18)26(16)12-15-5-4-14(11-23)8-19(15)22/h4-5,8,13,16-18H,6-7,9-10,12H2,1-3H3. The molecule has 5 nitrogen and oxygen atoms in total. The first-order chi connectivity index (χ1) is 12.8. The number of nitrogens with zero attached hydrogens (tertiary/aromatic N) is 5. The van der Waals surface area contributed by atoms with E-state index in [1.54, 1.807) is 12.1 Å². The van der Waals surface area contributed by atoms with Crippen molar-refractivity contribution in [3.05, 3.63) is 47.0 Å². The molecule has 142 valence electrons. The van der Waals surface area contributed by atoms with Crippen molar-refractivity contribution in [2.75, 3.05) is 0 Å². The fraction of sp³-hybridized carbons (Fsp3) is 0.571. The summed E-state index contributed by atoms with van der Waals surface area (Å²) in [5.74, 6) is -0.276. The molecule has 4 rings (SSSR count). The van der Waals surface area contributed by atoms with Gasteiger partial charge in [0.15, 0.2) is 0 Å². The van der Waals surface area contributed by atoms with E-state index in [9.17, 15) is 4.39 Å². The van der Waals surface area contributed by atoms with Crippen LogP contribution in [0.3, 0.4) is 0 Å². The Morgan fingerprint density at radius 3 is 2.44 bits per heavy atom. The van der Waals surface area contributed by atoms with E-state index in [4.69, 9.17) is 5.26 Å². The van der Waals surface area contributed by atoms with Gasteiger partial charge in [-0.05, 0) is 37.8 Å². The molecule has 0 N–H and O–H groups in total. The lowest BCUT2D eigenvalue weighted by molar-refractivity contribution is 0.0933. The van der Waals surface area contributed by atoms with E-state index in [2.05, 4.69) is 42.2 Å². The summed E-state index contributed by atoms with van der Waals surface area (Å²) in [5.41, 5.74) is 2.08. The van der Waals surface area contributed by atoms with Crippen molar-refractivity contribution in [1.82, 2.24) is 19.9 Å². The van der Waals surface area contributed by atoms with Crippen LogP contribution in [0.2, 0.25) is 0 Å². The summed E-state index contributed by atoms with van der Waals surface area (Å²) in [6.45, 7) is 7.07. The van der Waals surface area contributed by atoms with Crippen LogP contribution >= 0.6 is 0 Å². The van der Waals surface area contributed by atoms with Crippen molar-refractivity contribution in [2.24, 2.45) is 0 Å². The molecule has 0 saturated carbocycles. The van der Waals surface area contributed by atoms with Crippen LogP contribution in [-0.4, -0.2) is 32.0 Å². The molecule has 6 heteroatoms. The lowest BCUT2D eigenvalue weighted by atomic mass is 9.93. The zero-order chi connectivity index (χ0) is 19.2. The van der Waals surface area contributed by atoms with Crippen LogP contribution in [0.25, 0.3) is 0 Å². The second-order valence-electron chi connectivity index (χ2n) is 8.93. The van der Waals surface area contributed by atoms with Gasteiger partial charge in [-0.3, -0.25) is 4.90 Å². The van der Waals surface area contributed by atoms with E-state index < -0.39 is 0 Å². The normalized spacial score (nSPS) is 25.5. The zero-order valence-electron chi connectivity index (χ0n) is 16.2. The van der Waals surface area contributed by atoms with Crippen LogP contribution in [-0.2, 0) is 12.0 Å². The summed E-state index contributed by atoms with van der Waals surface area (Å²) in [4.78, 5) is 2.45. The molecule has 2 aromatic rings. The van der Waals surface area contributed by atoms with Gasteiger partial charge in [0.05, 0.1) is 23.4 Å². The van der Waals surface area contributed by atoms with E-state index in [-0.39, 0.29) is 11.2 Å². The predicted molar refractivity (Wildman–Crippen MR) is 100 cm³/mol. The number of fused-ring (bicyclic) bond motifs is 2. The van der Waals surface area contributed by atoms with Crippen molar-refractivity contribution in [3.63, 3.8) is 0 Å². The highest BCUT2D eigenvalue weighted by Gasteiger charge is 2.41. The van der Waals surface area contributed by atoms with Crippen molar-refractivity contribution >= 4 is 0 Å². The van der Waals surface area contributed by atoms with Crippen molar-refractivity contribution in [1.29, 1.82) is 5.26 Å². The van der Waals surface area contributed by atoms with Gasteiger partial charge in [0.25, 0.3) is 0 Å². The van der Waals surface area contributed by atoms with Crippen LogP contribution in [0.1, 0.15) is 69.3 Å². The van der Waals surface area contributed by atoms with E-state index >= 15 is 0 Å². The first-order valence-corrected chi connectivity index (χ1v) is 9.71. The van der Waals surface area contributed by atoms with Crippen LogP contribution in [0.4, 0.5) is 4.39 Å². The van der Waals surface area contributed by atoms with Crippen LogP contribution in [0, 0.1) is 17.1 Å². The summed E-state index contributed by atoms with van der Waals surface area (Å²) in [6, 6.07) is 8.07. The molecule has 0 aliphatic carbocycles. The fourth-order valence-corrected chi connectivity index (χ4v) is 4.46. The van der Waals surface area contributed by atoms with E-state index in [0.717, 1.165) is 31.4 Å². The molecule has 2 aliphatic heterocycles. The Kier molecular flexibility index (Phi) is 4.51. The van der Waals surface area contributed by atoms with Gasteiger partial charge in [0.2, 0.25) is 0 Å². The molecule has 2 atom stereocenters. The second kappa shape index (κ2) is 6.72. The number of aromatic nitrogens is 3. The van der Waals surface area contributed by atoms with E-state index in [1.165, 1.54) is 6.07 Å². The summed E-state index contributed by atoms with van der Waals surface area (Å²) in [7, 11) is 0. The first kappa shape index (κ1) is 18.1. The molecular weight excluding hydrogens is 341 g/mol. The summed E-state index contributed by atoms with van der Waals surface area (Å²) >= 11 is 0. The number of nitriles is 1. The van der Waals surface area contributed by atoms with E-state index in [1.807, 2.05) is 10.8 Å². The van der Waals surface area contributed by atoms with Gasteiger partial charge in [-0.1, -0.05) is 32.1 Å². The third-order valence-electron chi connectivity index (χ3n) is 6.05. The monoisotopic (exact) mass is 367 g/mol. The Morgan fingerprint density at radius 1 is 1.19 bits per heavy atom. The number of hydrogen-bond donors (Lipinski definition) is 0. The highest BCUT2D eigenvalue weighted by Crippen LogP contribution is 2.41. The predicted octanol–water partition coefficient (Wildman–Crippen LogP) is 3.95. The molecule has 2 fully saturated rings. The third kappa shape index (κ3) is 3.49. The lowest BCUT2D eigenvalue weighted by Crippen LogP contribution is -2.43. The highest BCUT2D eigenvalue weighted by atomic mass is 19.1. The van der Waals surface area contributed by atoms with Gasteiger partial charge in [-0.25, -0.2) is 9.07 Å². The topological polar surface area (TPSA) is 57.7 Å². The molecule has 0 radical (unpaired) electrons.